The highest BCUT2D eigenvalue weighted by molar-refractivity contribution is 5.94. The molecule has 0 aromatic heterocycles. The lowest BCUT2D eigenvalue weighted by Gasteiger charge is -2.34. The Morgan fingerprint density at radius 3 is 2.36 bits per heavy atom. The highest BCUT2D eigenvalue weighted by Crippen LogP contribution is 2.26. The van der Waals surface area contributed by atoms with E-state index in [-0.39, 0.29) is 36.1 Å². The minimum Gasteiger partial charge on any atom is -0.375 e. The third-order valence-corrected chi connectivity index (χ3v) is 4.90. The lowest BCUT2D eigenvalue weighted by atomic mass is 9.81. The smallest absolute Gasteiger partial charge is 0.251 e. The zero-order chi connectivity index (χ0) is 16.7. The van der Waals surface area contributed by atoms with Gasteiger partial charge in [-0.25, -0.2) is 0 Å². The molecule has 0 aliphatic carbocycles. The van der Waals surface area contributed by atoms with Crippen LogP contribution in [-0.2, 0) is 0 Å². The number of amides is 1. The summed E-state index contributed by atoms with van der Waals surface area (Å²) in [6.45, 7) is 8.36. The molecule has 0 bridgehead atoms. The van der Waals surface area contributed by atoms with Crippen LogP contribution in [0.1, 0.15) is 49.9 Å². The number of hydrogen-bond acceptors (Lipinski definition) is 3. The van der Waals surface area contributed by atoms with Gasteiger partial charge in [0.15, 0.2) is 0 Å². The van der Waals surface area contributed by atoms with Crippen molar-refractivity contribution >= 4 is 36.4 Å². The van der Waals surface area contributed by atoms with E-state index in [0.29, 0.717) is 0 Å². The van der Waals surface area contributed by atoms with Gasteiger partial charge in [-0.15, -0.1) is 24.8 Å². The van der Waals surface area contributed by atoms with Gasteiger partial charge in [0.1, 0.15) is 0 Å². The highest BCUT2D eigenvalue weighted by atomic mass is 35.5. The van der Waals surface area contributed by atoms with Crippen LogP contribution < -0.4 is 15.5 Å². The summed E-state index contributed by atoms with van der Waals surface area (Å²) in [5.41, 5.74) is 2.14. The first kappa shape index (κ1) is 24.0. The van der Waals surface area contributed by atoms with E-state index in [1.165, 1.54) is 18.5 Å². The Kier molecular flexibility index (Phi) is 11.2. The normalized spacial score (nSPS) is 15.5. The Hall–Kier alpha value is -0.970. The van der Waals surface area contributed by atoms with E-state index in [1.54, 1.807) is 0 Å². The number of unbranched alkanes of at least 4 members (excludes halogenated alkanes) is 1. The molecule has 144 valence electrons. The highest BCUT2D eigenvalue weighted by Gasteiger charge is 2.27. The van der Waals surface area contributed by atoms with Gasteiger partial charge in [0.2, 0.25) is 0 Å². The molecule has 1 saturated heterocycles. The average molecular weight is 390 g/mol. The van der Waals surface area contributed by atoms with Crippen LogP contribution in [0.2, 0.25) is 0 Å². The number of hydrogen-bond donors (Lipinski definition) is 2. The average Bonchev–Trinajstić information content (AvgIpc) is 2.58. The Bertz CT molecular complexity index is 502. The maximum atomic E-state index is 12.3. The van der Waals surface area contributed by atoms with E-state index in [9.17, 15) is 4.79 Å². The van der Waals surface area contributed by atoms with Crippen molar-refractivity contribution in [3.8, 4) is 0 Å². The molecule has 2 N–H and O–H groups in total. The lowest BCUT2D eigenvalue weighted by Crippen LogP contribution is -2.42. The predicted molar refractivity (Wildman–Crippen MR) is 112 cm³/mol. The van der Waals surface area contributed by atoms with Crippen molar-refractivity contribution < 1.29 is 4.79 Å². The predicted octanol–water partition coefficient (Wildman–Crippen LogP) is 3.89. The van der Waals surface area contributed by atoms with Gasteiger partial charge in [0.25, 0.3) is 5.91 Å². The van der Waals surface area contributed by atoms with Gasteiger partial charge in [-0.1, -0.05) is 20.3 Å². The van der Waals surface area contributed by atoms with Crippen LogP contribution in [0, 0.1) is 5.41 Å². The third kappa shape index (κ3) is 7.43. The Balaban J connectivity index is 0.00000288. The van der Waals surface area contributed by atoms with Crippen LogP contribution in [0.5, 0.6) is 0 Å². The lowest BCUT2D eigenvalue weighted by molar-refractivity contribution is 0.0922. The van der Waals surface area contributed by atoms with Crippen molar-refractivity contribution in [2.24, 2.45) is 5.41 Å². The van der Waals surface area contributed by atoms with Gasteiger partial charge in [0, 0.05) is 31.4 Å². The first-order valence-corrected chi connectivity index (χ1v) is 8.84. The number of halogens is 2. The molecule has 1 heterocycles. The molecule has 1 aromatic rings. The van der Waals surface area contributed by atoms with Crippen molar-refractivity contribution in [3.05, 3.63) is 29.8 Å². The number of piperidine rings is 1. The molecule has 4 nitrogen and oxygen atoms in total. The number of benzene rings is 1. The second-order valence-corrected chi connectivity index (χ2v) is 7.07. The first-order chi connectivity index (χ1) is 11.0. The zero-order valence-corrected chi connectivity index (χ0v) is 17.3. The van der Waals surface area contributed by atoms with Gasteiger partial charge in [-0.3, -0.25) is 4.79 Å². The summed E-state index contributed by atoms with van der Waals surface area (Å²) in [7, 11) is 2.10. The molecule has 0 atom stereocenters. The maximum absolute atomic E-state index is 12.3. The largest absolute Gasteiger partial charge is 0.375 e. The van der Waals surface area contributed by atoms with Crippen LogP contribution in [0.3, 0.4) is 0 Å². The quantitative estimate of drug-likeness (QED) is 0.743. The fraction of sp³-hybridized carbons (Fsp3) is 0.632. The monoisotopic (exact) mass is 389 g/mol. The van der Waals surface area contributed by atoms with E-state index >= 15 is 0 Å². The molecule has 0 saturated carbocycles. The van der Waals surface area contributed by atoms with Crippen molar-refractivity contribution in [1.29, 1.82) is 0 Å². The van der Waals surface area contributed by atoms with Crippen molar-refractivity contribution in [2.75, 3.05) is 38.1 Å². The second kappa shape index (κ2) is 11.6. The number of carbonyl (C=O) groups excluding carboxylic acids is 1. The number of rotatable bonds is 7. The van der Waals surface area contributed by atoms with Crippen molar-refractivity contribution in [1.82, 2.24) is 10.6 Å². The fourth-order valence-corrected chi connectivity index (χ4v) is 2.99. The van der Waals surface area contributed by atoms with Gasteiger partial charge < -0.3 is 15.5 Å². The molecule has 1 amide bonds. The van der Waals surface area contributed by atoms with Crippen LogP contribution >= 0.6 is 24.8 Å². The molecule has 1 fully saturated rings. The summed E-state index contributed by atoms with van der Waals surface area (Å²) in [4.78, 5) is 14.6. The summed E-state index contributed by atoms with van der Waals surface area (Å²) < 4.78 is 0. The minimum atomic E-state index is 0. The fourth-order valence-electron chi connectivity index (χ4n) is 2.99. The molecule has 1 aliphatic rings. The number of anilines is 1. The third-order valence-electron chi connectivity index (χ3n) is 4.90. The van der Waals surface area contributed by atoms with Crippen molar-refractivity contribution in [2.45, 2.75) is 39.5 Å². The van der Waals surface area contributed by atoms with E-state index in [4.69, 9.17) is 0 Å². The topological polar surface area (TPSA) is 44.4 Å². The molecular formula is C19H33Cl2N3O. The standard InChI is InChI=1S/C19H31N3O.2ClH/c1-4-5-14-22(3)17-8-6-16(7-9-17)18(23)21-15-19(2)10-12-20-13-11-19;;/h6-9,20H,4-5,10-15H2,1-3H3,(H,21,23);2*1H. The molecule has 1 aromatic carbocycles. The summed E-state index contributed by atoms with van der Waals surface area (Å²) in [6, 6.07) is 7.93. The molecule has 0 radical (unpaired) electrons. The second-order valence-electron chi connectivity index (χ2n) is 7.07. The zero-order valence-electron chi connectivity index (χ0n) is 15.6. The van der Waals surface area contributed by atoms with E-state index in [1.807, 2.05) is 24.3 Å². The Labute approximate surface area is 164 Å². The van der Waals surface area contributed by atoms with Crippen LogP contribution in [0.25, 0.3) is 0 Å². The van der Waals surface area contributed by atoms with Gasteiger partial charge in [-0.05, 0) is 62.0 Å². The summed E-state index contributed by atoms with van der Waals surface area (Å²) in [5.74, 6) is 0.0347. The van der Waals surface area contributed by atoms with Gasteiger partial charge >= 0.3 is 0 Å². The van der Waals surface area contributed by atoms with E-state index in [0.717, 1.165) is 44.6 Å². The summed E-state index contributed by atoms with van der Waals surface area (Å²) in [6.07, 6.45) is 4.62. The molecule has 1 aliphatic heterocycles. The molecule has 25 heavy (non-hydrogen) atoms. The first-order valence-electron chi connectivity index (χ1n) is 8.84. The number of nitrogens with zero attached hydrogens (tertiary/aromatic N) is 1. The number of carbonyl (C=O) groups is 1. The molecule has 0 spiro atoms. The van der Waals surface area contributed by atoms with E-state index in [2.05, 4.69) is 36.4 Å². The van der Waals surface area contributed by atoms with E-state index < -0.39 is 0 Å². The molecule has 6 heteroatoms. The molecule has 0 unspecified atom stereocenters. The van der Waals surface area contributed by atoms with Crippen LogP contribution in [0.15, 0.2) is 24.3 Å². The Morgan fingerprint density at radius 1 is 1.20 bits per heavy atom. The van der Waals surface area contributed by atoms with Gasteiger partial charge in [-0.2, -0.15) is 0 Å². The molecular weight excluding hydrogens is 357 g/mol. The van der Waals surface area contributed by atoms with Crippen LogP contribution in [-0.4, -0.2) is 39.1 Å². The summed E-state index contributed by atoms with van der Waals surface area (Å²) >= 11 is 0. The molecule has 2 rings (SSSR count). The summed E-state index contributed by atoms with van der Waals surface area (Å²) in [5, 5.41) is 6.48. The minimum absolute atomic E-state index is 0. The van der Waals surface area contributed by atoms with Crippen LogP contribution in [0.4, 0.5) is 5.69 Å². The van der Waals surface area contributed by atoms with Gasteiger partial charge in [0.05, 0.1) is 0 Å². The Morgan fingerprint density at radius 2 is 1.80 bits per heavy atom. The van der Waals surface area contributed by atoms with Crippen molar-refractivity contribution in [3.63, 3.8) is 0 Å². The maximum Gasteiger partial charge on any atom is 0.251 e. The number of nitrogens with one attached hydrogen (secondary N) is 2. The SMILES string of the molecule is CCCCN(C)c1ccc(C(=O)NCC2(C)CCNCC2)cc1.Cl.Cl.